The molecule has 1 aromatic carbocycles. The summed E-state index contributed by atoms with van der Waals surface area (Å²) in [5, 5.41) is 8.89. The standard InChI is InChI=1S/C11H12O3/c1-3-8-9(7(2)12)5-4-6-10(8)11(13)14/h4-6H,3H2,1-2H3,(H,13,14). The van der Waals surface area contributed by atoms with Crippen molar-refractivity contribution in [2.45, 2.75) is 20.3 Å². The first-order chi connectivity index (χ1) is 6.57. The number of carboxylic acids is 1. The van der Waals surface area contributed by atoms with E-state index in [-0.39, 0.29) is 11.3 Å². The number of carbonyl (C=O) groups excluding carboxylic acids is 1. The predicted octanol–water partition coefficient (Wildman–Crippen LogP) is 2.15. The van der Waals surface area contributed by atoms with Crippen LogP contribution in [0.25, 0.3) is 0 Å². The minimum absolute atomic E-state index is 0.0926. The van der Waals surface area contributed by atoms with Gasteiger partial charge in [-0.3, -0.25) is 4.79 Å². The van der Waals surface area contributed by atoms with Crippen LogP contribution in [0.3, 0.4) is 0 Å². The first-order valence-electron chi connectivity index (χ1n) is 4.44. The van der Waals surface area contributed by atoms with Crippen LogP contribution in [0.2, 0.25) is 0 Å². The van der Waals surface area contributed by atoms with Crippen LogP contribution in [-0.2, 0) is 6.42 Å². The van der Waals surface area contributed by atoms with E-state index in [1.807, 2.05) is 6.92 Å². The highest BCUT2D eigenvalue weighted by atomic mass is 16.4. The lowest BCUT2D eigenvalue weighted by atomic mass is 9.97. The molecule has 1 N–H and O–H groups in total. The van der Waals surface area contributed by atoms with Crippen LogP contribution < -0.4 is 0 Å². The summed E-state index contributed by atoms with van der Waals surface area (Å²) in [5.74, 6) is -1.07. The van der Waals surface area contributed by atoms with Crippen molar-refractivity contribution in [1.82, 2.24) is 0 Å². The molecule has 0 spiro atoms. The molecular formula is C11H12O3. The quantitative estimate of drug-likeness (QED) is 0.746. The van der Waals surface area contributed by atoms with Crippen LogP contribution in [0.15, 0.2) is 18.2 Å². The fraction of sp³-hybridized carbons (Fsp3) is 0.273. The highest BCUT2D eigenvalue weighted by Crippen LogP contribution is 2.16. The average Bonchev–Trinajstić information content (AvgIpc) is 2.16. The molecule has 0 heterocycles. The highest BCUT2D eigenvalue weighted by Gasteiger charge is 2.14. The van der Waals surface area contributed by atoms with Gasteiger partial charge in [-0.15, -0.1) is 0 Å². The molecule has 0 atom stereocenters. The van der Waals surface area contributed by atoms with E-state index in [4.69, 9.17) is 5.11 Å². The van der Waals surface area contributed by atoms with E-state index < -0.39 is 5.97 Å². The minimum Gasteiger partial charge on any atom is -0.478 e. The second kappa shape index (κ2) is 4.05. The van der Waals surface area contributed by atoms with E-state index in [1.165, 1.54) is 13.0 Å². The van der Waals surface area contributed by atoms with Gasteiger partial charge in [0.05, 0.1) is 5.56 Å². The normalized spacial score (nSPS) is 9.86. The van der Waals surface area contributed by atoms with E-state index in [2.05, 4.69) is 0 Å². The van der Waals surface area contributed by atoms with Gasteiger partial charge in [0, 0.05) is 5.56 Å². The molecule has 74 valence electrons. The molecule has 1 rings (SSSR count). The number of Topliss-reactive ketones (excluding diaryl/α,β-unsaturated/α-hetero) is 1. The monoisotopic (exact) mass is 192 g/mol. The molecule has 0 saturated carbocycles. The van der Waals surface area contributed by atoms with Crippen molar-refractivity contribution < 1.29 is 14.7 Å². The molecule has 1 aromatic rings. The van der Waals surface area contributed by atoms with Gasteiger partial charge in [0.2, 0.25) is 0 Å². The number of carbonyl (C=O) groups is 2. The fourth-order valence-electron chi connectivity index (χ4n) is 1.50. The largest absolute Gasteiger partial charge is 0.478 e. The van der Waals surface area contributed by atoms with Gasteiger partial charge in [-0.25, -0.2) is 4.79 Å². The van der Waals surface area contributed by atoms with Crippen molar-refractivity contribution in [1.29, 1.82) is 0 Å². The van der Waals surface area contributed by atoms with Crippen LogP contribution >= 0.6 is 0 Å². The summed E-state index contributed by atoms with van der Waals surface area (Å²) in [4.78, 5) is 22.1. The molecule has 0 aromatic heterocycles. The van der Waals surface area contributed by atoms with Crippen molar-refractivity contribution in [2.75, 3.05) is 0 Å². The Bertz CT molecular complexity index is 348. The molecule has 0 amide bonds. The maximum absolute atomic E-state index is 11.2. The third-order valence-electron chi connectivity index (χ3n) is 2.14. The number of carboxylic acid groups (broad SMARTS) is 1. The summed E-state index contributed by atoms with van der Waals surface area (Å²) in [6.07, 6.45) is 0.553. The summed E-state index contributed by atoms with van der Waals surface area (Å²) < 4.78 is 0. The molecule has 0 radical (unpaired) electrons. The zero-order valence-corrected chi connectivity index (χ0v) is 8.20. The van der Waals surface area contributed by atoms with Crippen LogP contribution in [-0.4, -0.2) is 16.9 Å². The summed E-state index contributed by atoms with van der Waals surface area (Å²) in [6, 6.07) is 4.78. The summed E-state index contributed by atoms with van der Waals surface area (Å²) in [7, 11) is 0. The zero-order chi connectivity index (χ0) is 10.7. The van der Waals surface area contributed by atoms with Gasteiger partial charge in [0.15, 0.2) is 5.78 Å². The van der Waals surface area contributed by atoms with Gasteiger partial charge in [0.25, 0.3) is 0 Å². The van der Waals surface area contributed by atoms with E-state index >= 15 is 0 Å². The van der Waals surface area contributed by atoms with Gasteiger partial charge < -0.3 is 5.11 Å². The molecule has 0 aliphatic rings. The first-order valence-corrected chi connectivity index (χ1v) is 4.44. The predicted molar refractivity (Wildman–Crippen MR) is 52.8 cm³/mol. The lowest BCUT2D eigenvalue weighted by molar-refractivity contribution is 0.0695. The van der Waals surface area contributed by atoms with E-state index in [1.54, 1.807) is 12.1 Å². The summed E-state index contributed by atoms with van der Waals surface area (Å²) in [5.41, 5.74) is 1.35. The molecular weight excluding hydrogens is 180 g/mol. The van der Waals surface area contributed by atoms with Crippen molar-refractivity contribution >= 4 is 11.8 Å². The number of aromatic carboxylic acids is 1. The Hall–Kier alpha value is -1.64. The summed E-state index contributed by atoms with van der Waals surface area (Å²) in [6.45, 7) is 3.29. The van der Waals surface area contributed by atoms with E-state index in [0.717, 1.165) is 0 Å². The molecule has 0 unspecified atom stereocenters. The van der Waals surface area contributed by atoms with E-state index in [9.17, 15) is 9.59 Å². The maximum atomic E-state index is 11.2. The Morgan fingerprint density at radius 3 is 2.29 bits per heavy atom. The van der Waals surface area contributed by atoms with Crippen LogP contribution in [0, 0.1) is 0 Å². The van der Waals surface area contributed by atoms with E-state index in [0.29, 0.717) is 17.5 Å². The third-order valence-corrected chi connectivity index (χ3v) is 2.14. The minimum atomic E-state index is -0.982. The highest BCUT2D eigenvalue weighted by molar-refractivity contribution is 5.99. The first kappa shape index (κ1) is 10.4. The maximum Gasteiger partial charge on any atom is 0.335 e. The lowest BCUT2D eigenvalue weighted by Gasteiger charge is -2.07. The Labute approximate surface area is 82.4 Å². The van der Waals surface area contributed by atoms with Gasteiger partial charge in [0.1, 0.15) is 0 Å². The molecule has 0 aliphatic heterocycles. The number of rotatable bonds is 3. The Balaban J connectivity index is 3.39. The van der Waals surface area contributed by atoms with Gasteiger partial charge in [-0.05, 0) is 25.0 Å². The third kappa shape index (κ3) is 1.82. The molecule has 0 bridgehead atoms. The molecule has 3 heteroatoms. The molecule has 14 heavy (non-hydrogen) atoms. The van der Waals surface area contributed by atoms with Gasteiger partial charge >= 0.3 is 5.97 Å². The van der Waals surface area contributed by atoms with Crippen molar-refractivity contribution in [2.24, 2.45) is 0 Å². The van der Waals surface area contributed by atoms with Crippen LogP contribution in [0.1, 0.15) is 40.1 Å². The topological polar surface area (TPSA) is 54.4 Å². The second-order valence-electron chi connectivity index (χ2n) is 3.05. The Kier molecular flexibility index (Phi) is 3.02. The van der Waals surface area contributed by atoms with Gasteiger partial charge in [-0.1, -0.05) is 19.1 Å². The Morgan fingerprint density at radius 2 is 1.86 bits per heavy atom. The number of hydrogen-bond donors (Lipinski definition) is 1. The molecule has 0 saturated heterocycles. The lowest BCUT2D eigenvalue weighted by Crippen LogP contribution is -2.07. The van der Waals surface area contributed by atoms with Gasteiger partial charge in [-0.2, -0.15) is 0 Å². The van der Waals surface area contributed by atoms with Crippen molar-refractivity contribution in [3.8, 4) is 0 Å². The van der Waals surface area contributed by atoms with Crippen molar-refractivity contribution in [3.63, 3.8) is 0 Å². The number of hydrogen-bond acceptors (Lipinski definition) is 2. The number of benzene rings is 1. The molecule has 0 fully saturated rings. The van der Waals surface area contributed by atoms with Crippen LogP contribution in [0.4, 0.5) is 0 Å². The zero-order valence-electron chi connectivity index (χ0n) is 8.20. The smallest absolute Gasteiger partial charge is 0.335 e. The van der Waals surface area contributed by atoms with Crippen LogP contribution in [0.5, 0.6) is 0 Å². The second-order valence-corrected chi connectivity index (χ2v) is 3.05. The molecule has 3 nitrogen and oxygen atoms in total. The average molecular weight is 192 g/mol. The SMILES string of the molecule is CCc1c(C(C)=O)cccc1C(=O)O. The number of ketones is 1. The van der Waals surface area contributed by atoms with Crippen molar-refractivity contribution in [3.05, 3.63) is 34.9 Å². The fourth-order valence-corrected chi connectivity index (χ4v) is 1.50. The Morgan fingerprint density at radius 1 is 1.29 bits per heavy atom. The summed E-state index contributed by atoms with van der Waals surface area (Å²) >= 11 is 0. The molecule has 0 aliphatic carbocycles.